The van der Waals surface area contributed by atoms with Gasteiger partial charge in [-0.3, -0.25) is 4.79 Å². The van der Waals surface area contributed by atoms with Gasteiger partial charge in [-0.1, -0.05) is 18.2 Å². The topological polar surface area (TPSA) is 93.4 Å². The molecule has 0 bridgehead atoms. The maximum atomic E-state index is 13.8. The van der Waals surface area contributed by atoms with Crippen LogP contribution in [0.4, 0.5) is 4.39 Å². The molecule has 2 aromatic carbocycles. The summed E-state index contributed by atoms with van der Waals surface area (Å²) in [6.45, 7) is -0.0523. The molecular weight excluding hydrogens is 286 g/mol. The average molecular weight is 298 g/mol. The minimum Gasteiger partial charge on any atom is -0.423 e. The Hall–Kier alpha value is -2.69. The molecule has 0 aliphatic carbocycles. The Bertz CT molecular complexity index is 744. The van der Waals surface area contributed by atoms with Crippen molar-refractivity contribution in [1.29, 1.82) is 5.26 Å². The fraction of sp³-hybridized carbons (Fsp3) is 0.0667. The first kappa shape index (κ1) is 15.7. The Morgan fingerprint density at radius 1 is 1.27 bits per heavy atom. The van der Waals surface area contributed by atoms with Gasteiger partial charge >= 0.3 is 7.12 Å². The molecule has 2 rings (SSSR count). The van der Waals surface area contributed by atoms with E-state index in [0.29, 0.717) is 11.1 Å². The standard InChI is InChI=1S/C15H12BFN2O3/c17-14-7-13(16(21)22)5-4-12(14)9-19-15(20)11-3-1-2-10(6-11)8-18/h1-7,21-22H,9H2,(H,19,20). The molecule has 0 aliphatic heterocycles. The fourth-order valence-electron chi connectivity index (χ4n) is 1.88. The van der Waals surface area contributed by atoms with E-state index in [2.05, 4.69) is 5.32 Å². The molecule has 0 aromatic heterocycles. The smallest absolute Gasteiger partial charge is 0.423 e. The van der Waals surface area contributed by atoms with Crippen molar-refractivity contribution in [2.75, 3.05) is 0 Å². The predicted molar refractivity (Wildman–Crippen MR) is 78.6 cm³/mol. The van der Waals surface area contributed by atoms with Crippen molar-refractivity contribution in [2.45, 2.75) is 6.54 Å². The van der Waals surface area contributed by atoms with E-state index in [9.17, 15) is 9.18 Å². The molecule has 0 fully saturated rings. The van der Waals surface area contributed by atoms with Gasteiger partial charge in [-0.2, -0.15) is 5.26 Å². The van der Waals surface area contributed by atoms with Crippen LogP contribution in [0.25, 0.3) is 0 Å². The summed E-state index contributed by atoms with van der Waals surface area (Å²) in [6.07, 6.45) is 0. The van der Waals surface area contributed by atoms with Gasteiger partial charge in [0.15, 0.2) is 0 Å². The second-order valence-corrected chi connectivity index (χ2v) is 4.60. The van der Waals surface area contributed by atoms with Gasteiger partial charge in [0.1, 0.15) is 5.82 Å². The van der Waals surface area contributed by atoms with Crippen LogP contribution < -0.4 is 10.8 Å². The molecule has 0 atom stereocenters. The molecule has 0 aliphatic rings. The Labute approximate surface area is 126 Å². The molecule has 22 heavy (non-hydrogen) atoms. The minimum absolute atomic E-state index is 0.0364. The molecule has 5 nitrogen and oxygen atoms in total. The van der Waals surface area contributed by atoms with E-state index >= 15 is 0 Å². The molecule has 0 radical (unpaired) electrons. The lowest BCUT2D eigenvalue weighted by Crippen LogP contribution is -2.30. The lowest BCUT2D eigenvalue weighted by Gasteiger charge is -2.08. The highest BCUT2D eigenvalue weighted by Crippen LogP contribution is 2.07. The van der Waals surface area contributed by atoms with E-state index in [1.54, 1.807) is 18.2 Å². The zero-order chi connectivity index (χ0) is 16.1. The van der Waals surface area contributed by atoms with Crippen LogP contribution in [0.1, 0.15) is 21.5 Å². The molecule has 1 amide bonds. The van der Waals surface area contributed by atoms with Crippen LogP contribution in [0.5, 0.6) is 0 Å². The molecular formula is C15H12BFN2O3. The SMILES string of the molecule is N#Cc1cccc(C(=O)NCc2ccc(B(O)O)cc2F)c1. The van der Waals surface area contributed by atoms with E-state index < -0.39 is 18.8 Å². The lowest BCUT2D eigenvalue weighted by atomic mass is 9.80. The molecule has 7 heteroatoms. The van der Waals surface area contributed by atoms with Crippen LogP contribution in [0.2, 0.25) is 0 Å². The predicted octanol–water partition coefficient (Wildman–Crippen LogP) is 0.307. The summed E-state index contributed by atoms with van der Waals surface area (Å²) in [5.74, 6) is -1.07. The first-order chi connectivity index (χ1) is 10.5. The summed E-state index contributed by atoms with van der Waals surface area (Å²) in [7, 11) is -1.74. The Kier molecular flexibility index (Phi) is 4.89. The fourth-order valence-corrected chi connectivity index (χ4v) is 1.88. The molecule has 3 N–H and O–H groups in total. The second-order valence-electron chi connectivity index (χ2n) is 4.60. The van der Waals surface area contributed by atoms with Gasteiger partial charge in [0, 0.05) is 17.7 Å². The average Bonchev–Trinajstić information content (AvgIpc) is 2.53. The zero-order valence-corrected chi connectivity index (χ0v) is 11.5. The van der Waals surface area contributed by atoms with E-state index in [4.69, 9.17) is 15.3 Å². The largest absolute Gasteiger partial charge is 0.488 e. The van der Waals surface area contributed by atoms with Crippen LogP contribution in [0, 0.1) is 17.1 Å². The van der Waals surface area contributed by atoms with Crippen LogP contribution in [-0.4, -0.2) is 23.1 Å². The molecule has 0 unspecified atom stereocenters. The number of carbonyl (C=O) groups excluding carboxylic acids is 1. The number of halogens is 1. The second kappa shape index (κ2) is 6.85. The zero-order valence-electron chi connectivity index (χ0n) is 11.5. The molecule has 0 saturated carbocycles. The van der Waals surface area contributed by atoms with Crippen LogP contribution in [0.3, 0.4) is 0 Å². The van der Waals surface area contributed by atoms with E-state index in [1.807, 2.05) is 6.07 Å². The van der Waals surface area contributed by atoms with Crippen molar-refractivity contribution in [2.24, 2.45) is 0 Å². The van der Waals surface area contributed by atoms with Crippen molar-refractivity contribution in [3.8, 4) is 6.07 Å². The highest BCUT2D eigenvalue weighted by molar-refractivity contribution is 6.58. The third kappa shape index (κ3) is 3.70. The van der Waals surface area contributed by atoms with Gasteiger partial charge in [0.2, 0.25) is 0 Å². The summed E-state index contributed by atoms with van der Waals surface area (Å²) >= 11 is 0. The lowest BCUT2D eigenvalue weighted by molar-refractivity contribution is 0.0950. The Morgan fingerprint density at radius 3 is 2.68 bits per heavy atom. The summed E-state index contributed by atoms with van der Waals surface area (Å²) < 4.78 is 13.8. The highest BCUT2D eigenvalue weighted by Gasteiger charge is 2.14. The van der Waals surface area contributed by atoms with Gasteiger partial charge in [0.25, 0.3) is 5.91 Å². The van der Waals surface area contributed by atoms with E-state index in [1.165, 1.54) is 18.2 Å². The number of nitrogens with zero attached hydrogens (tertiary/aromatic N) is 1. The van der Waals surface area contributed by atoms with Gasteiger partial charge in [-0.15, -0.1) is 0 Å². The van der Waals surface area contributed by atoms with E-state index in [0.717, 1.165) is 6.07 Å². The molecule has 110 valence electrons. The first-order valence-electron chi connectivity index (χ1n) is 6.44. The number of nitriles is 1. The number of amides is 1. The van der Waals surface area contributed by atoms with Gasteiger partial charge in [-0.25, -0.2) is 4.39 Å². The maximum absolute atomic E-state index is 13.8. The number of hydrogen-bond acceptors (Lipinski definition) is 4. The number of benzene rings is 2. The molecule has 0 saturated heterocycles. The van der Waals surface area contributed by atoms with E-state index in [-0.39, 0.29) is 17.6 Å². The number of nitrogens with one attached hydrogen (secondary N) is 1. The van der Waals surface area contributed by atoms with Crippen molar-refractivity contribution in [3.63, 3.8) is 0 Å². The minimum atomic E-state index is -1.74. The Balaban J connectivity index is 2.06. The summed E-state index contributed by atoms with van der Waals surface area (Å²) in [5, 5.41) is 29.2. The maximum Gasteiger partial charge on any atom is 0.488 e. The summed E-state index contributed by atoms with van der Waals surface area (Å²) in [4.78, 5) is 11.9. The number of rotatable bonds is 4. The first-order valence-corrected chi connectivity index (χ1v) is 6.44. The third-order valence-electron chi connectivity index (χ3n) is 3.07. The van der Waals surface area contributed by atoms with Gasteiger partial charge in [0.05, 0.1) is 11.6 Å². The van der Waals surface area contributed by atoms with Crippen LogP contribution in [-0.2, 0) is 6.54 Å². The van der Waals surface area contributed by atoms with Crippen molar-refractivity contribution >= 4 is 18.5 Å². The Morgan fingerprint density at radius 2 is 2.05 bits per heavy atom. The third-order valence-corrected chi connectivity index (χ3v) is 3.07. The normalized spacial score (nSPS) is 9.91. The molecule has 0 heterocycles. The van der Waals surface area contributed by atoms with Crippen LogP contribution >= 0.6 is 0 Å². The monoisotopic (exact) mass is 298 g/mol. The molecule has 2 aromatic rings. The summed E-state index contributed by atoms with van der Waals surface area (Å²) in [5.41, 5.74) is 0.922. The van der Waals surface area contributed by atoms with Gasteiger partial charge in [-0.05, 0) is 29.7 Å². The quantitative estimate of drug-likeness (QED) is 0.708. The van der Waals surface area contributed by atoms with Crippen molar-refractivity contribution in [3.05, 3.63) is 65.0 Å². The van der Waals surface area contributed by atoms with Crippen molar-refractivity contribution in [1.82, 2.24) is 5.32 Å². The highest BCUT2D eigenvalue weighted by atomic mass is 19.1. The van der Waals surface area contributed by atoms with Crippen LogP contribution in [0.15, 0.2) is 42.5 Å². The van der Waals surface area contributed by atoms with Gasteiger partial charge < -0.3 is 15.4 Å². The summed E-state index contributed by atoms with van der Waals surface area (Å²) in [6, 6.07) is 11.8. The van der Waals surface area contributed by atoms with Crippen molar-refractivity contribution < 1.29 is 19.2 Å². The number of carbonyl (C=O) groups is 1. The molecule has 0 spiro atoms. The number of hydrogen-bond donors (Lipinski definition) is 3.